The zero-order valence-electron chi connectivity index (χ0n) is 16.5. The first-order chi connectivity index (χ1) is 14.2. The van der Waals surface area contributed by atoms with E-state index >= 15 is 0 Å². The molecule has 2 aromatic carbocycles. The third kappa shape index (κ3) is 4.35. The lowest BCUT2D eigenvalue weighted by Gasteiger charge is -2.22. The van der Waals surface area contributed by atoms with E-state index in [1.165, 1.54) is 5.56 Å². The third-order valence-electron chi connectivity index (χ3n) is 5.34. The normalized spacial score (nSPS) is 16.3. The highest BCUT2D eigenvalue weighted by Gasteiger charge is 2.34. The number of benzene rings is 2. The molecule has 0 bridgehead atoms. The van der Waals surface area contributed by atoms with Crippen molar-refractivity contribution >= 4 is 17.5 Å². The molecule has 1 fully saturated rings. The number of hydrogen-bond acceptors (Lipinski definition) is 4. The lowest BCUT2D eigenvalue weighted by molar-refractivity contribution is 0.0710. The second kappa shape index (κ2) is 8.78. The van der Waals surface area contributed by atoms with Crippen molar-refractivity contribution in [1.82, 2.24) is 15.0 Å². The molecule has 0 aliphatic carbocycles. The van der Waals surface area contributed by atoms with E-state index < -0.39 is 0 Å². The van der Waals surface area contributed by atoms with E-state index in [-0.39, 0.29) is 11.9 Å². The molecule has 0 radical (unpaired) electrons. The van der Waals surface area contributed by atoms with E-state index in [9.17, 15) is 4.79 Å². The number of amides is 1. The van der Waals surface area contributed by atoms with Gasteiger partial charge in [-0.15, -0.1) is 0 Å². The summed E-state index contributed by atoms with van der Waals surface area (Å²) < 4.78 is 5.52. The Kier molecular flexibility index (Phi) is 5.95. The summed E-state index contributed by atoms with van der Waals surface area (Å²) in [6.07, 6.45) is 5.11. The molecule has 1 atom stereocenters. The Morgan fingerprint density at radius 2 is 2.07 bits per heavy atom. The summed E-state index contributed by atoms with van der Waals surface area (Å²) in [6.45, 7) is 2.87. The van der Waals surface area contributed by atoms with Crippen LogP contribution in [0.5, 0.6) is 0 Å². The smallest absolute Gasteiger partial charge is 0.254 e. The van der Waals surface area contributed by atoms with Gasteiger partial charge in [-0.1, -0.05) is 54.4 Å². The molecular weight excluding hydrogens is 386 g/mol. The monoisotopic (exact) mass is 409 g/mol. The molecule has 1 aromatic heterocycles. The molecule has 4 rings (SSSR count). The van der Waals surface area contributed by atoms with Gasteiger partial charge in [0.25, 0.3) is 5.91 Å². The number of aromatic nitrogens is 2. The first-order valence-corrected chi connectivity index (χ1v) is 10.5. The van der Waals surface area contributed by atoms with E-state index in [4.69, 9.17) is 16.1 Å². The Morgan fingerprint density at radius 1 is 1.24 bits per heavy atom. The SMILES string of the molecule is CCCCc1ccc(C(=O)N2CCC[C@@H]2c2nc(-c3cccc(Cl)c3)no2)cc1. The first kappa shape index (κ1) is 19.6. The van der Waals surface area contributed by atoms with Crippen molar-refractivity contribution in [2.75, 3.05) is 6.54 Å². The van der Waals surface area contributed by atoms with Gasteiger partial charge in [0.05, 0.1) is 0 Å². The summed E-state index contributed by atoms with van der Waals surface area (Å²) in [5.41, 5.74) is 2.77. The summed E-state index contributed by atoms with van der Waals surface area (Å²) in [5.74, 6) is 0.976. The topological polar surface area (TPSA) is 59.2 Å². The lowest BCUT2D eigenvalue weighted by Crippen LogP contribution is -2.30. The van der Waals surface area contributed by atoms with E-state index in [0.29, 0.717) is 28.8 Å². The maximum absolute atomic E-state index is 13.1. The molecule has 150 valence electrons. The fourth-order valence-corrected chi connectivity index (χ4v) is 3.93. The van der Waals surface area contributed by atoms with Gasteiger partial charge in [0, 0.05) is 22.7 Å². The van der Waals surface area contributed by atoms with Gasteiger partial charge in [-0.3, -0.25) is 4.79 Å². The lowest BCUT2D eigenvalue weighted by atomic mass is 10.1. The number of hydrogen-bond donors (Lipinski definition) is 0. The van der Waals surface area contributed by atoms with E-state index in [1.807, 2.05) is 29.2 Å². The largest absolute Gasteiger partial charge is 0.337 e. The minimum atomic E-state index is -0.192. The van der Waals surface area contributed by atoms with E-state index in [1.54, 1.807) is 12.1 Å². The molecule has 1 aliphatic rings. The first-order valence-electron chi connectivity index (χ1n) is 10.1. The molecule has 0 spiro atoms. The van der Waals surface area contributed by atoms with Crippen LogP contribution in [0.1, 0.15) is 60.5 Å². The summed E-state index contributed by atoms with van der Waals surface area (Å²) in [4.78, 5) is 19.5. The van der Waals surface area contributed by atoms with Crippen LogP contribution < -0.4 is 0 Å². The van der Waals surface area contributed by atoms with Crippen molar-refractivity contribution in [2.45, 2.75) is 45.1 Å². The number of aryl methyl sites for hydroxylation is 1. The number of rotatable bonds is 6. The second-order valence-corrected chi connectivity index (χ2v) is 7.86. The van der Waals surface area contributed by atoms with Gasteiger partial charge in [0.2, 0.25) is 11.7 Å². The molecule has 1 aliphatic heterocycles. The average Bonchev–Trinajstić information content (AvgIpc) is 3.41. The third-order valence-corrected chi connectivity index (χ3v) is 5.58. The summed E-state index contributed by atoms with van der Waals surface area (Å²) in [5, 5.41) is 4.72. The Labute approximate surface area is 175 Å². The Balaban J connectivity index is 1.51. The van der Waals surface area contributed by atoms with Crippen molar-refractivity contribution in [2.24, 2.45) is 0 Å². The summed E-state index contributed by atoms with van der Waals surface area (Å²) in [6, 6.07) is 15.1. The van der Waals surface area contributed by atoms with Crippen LogP contribution in [0.4, 0.5) is 0 Å². The number of likely N-dealkylation sites (tertiary alicyclic amines) is 1. The molecule has 3 aromatic rings. The predicted octanol–water partition coefficient (Wildman–Crippen LogP) is 5.71. The molecule has 0 saturated carbocycles. The minimum Gasteiger partial charge on any atom is -0.337 e. The zero-order valence-corrected chi connectivity index (χ0v) is 17.2. The molecular formula is C23H24ClN3O2. The molecule has 0 unspecified atom stereocenters. The van der Waals surface area contributed by atoms with Crippen molar-refractivity contribution in [3.05, 3.63) is 70.6 Å². The standard InChI is InChI=1S/C23H24ClN3O2/c1-2-3-6-16-10-12-17(13-11-16)23(28)27-14-5-9-20(27)22-25-21(26-29-22)18-7-4-8-19(24)15-18/h4,7-8,10-13,15,20H,2-3,5-6,9,14H2,1H3/t20-/m1/s1. The Hall–Kier alpha value is -2.66. The zero-order chi connectivity index (χ0) is 20.2. The minimum absolute atomic E-state index is 0.0112. The molecule has 6 heteroatoms. The van der Waals surface area contributed by atoms with Crippen LogP contribution in [0, 0.1) is 0 Å². The van der Waals surface area contributed by atoms with Gasteiger partial charge in [0.1, 0.15) is 6.04 Å². The van der Waals surface area contributed by atoms with Crippen molar-refractivity contribution < 1.29 is 9.32 Å². The van der Waals surface area contributed by atoms with Crippen LogP contribution in [0.2, 0.25) is 5.02 Å². The van der Waals surface area contributed by atoms with Crippen LogP contribution >= 0.6 is 11.6 Å². The van der Waals surface area contributed by atoms with Gasteiger partial charge < -0.3 is 9.42 Å². The Bertz CT molecular complexity index is 984. The van der Waals surface area contributed by atoms with Gasteiger partial charge in [-0.25, -0.2) is 0 Å². The molecule has 0 N–H and O–H groups in total. The molecule has 29 heavy (non-hydrogen) atoms. The highest BCUT2D eigenvalue weighted by molar-refractivity contribution is 6.30. The fourth-order valence-electron chi connectivity index (χ4n) is 3.74. The summed E-state index contributed by atoms with van der Waals surface area (Å²) in [7, 11) is 0. The van der Waals surface area contributed by atoms with Gasteiger partial charge in [-0.05, 0) is 55.5 Å². The van der Waals surface area contributed by atoms with Gasteiger partial charge in [0.15, 0.2) is 0 Å². The number of halogens is 1. The maximum atomic E-state index is 13.1. The van der Waals surface area contributed by atoms with Crippen LogP contribution in [-0.4, -0.2) is 27.5 Å². The fraction of sp³-hybridized carbons (Fsp3) is 0.348. The molecule has 2 heterocycles. The van der Waals surface area contributed by atoms with Crippen LogP contribution in [-0.2, 0) is 6.42 Å². The molecule has 1 saturated heterocycles. The van der Waals surface area contributed by atoms with Crippen molar-refractivity contribution in [3.8, 4) is 11.4 Å². The number of unbranched alkanes of at least 4 members (excludes halogenated alkanes) is 1. The van der Waals surface area contributed by atoms with E-state index in [0.717, 1.165) is 37.7 Å². The Morgan fingerprint density at radius 3 is 2.83 bits per heavy atom. The van der Waals surface area contributed by atoms with E-state index in [2.05, 4.69) is 29.2 Å². The quantitative estimate of drug-likeness (QED) is 0.523. The number of carbonyl (C=O) groups excluding carboxylic acids is 1. The molecule has 1 amide bonds. The van der Waals surface area contributed by atoms with Crippen molar-refractivity contribution in [1.29, 1.82) is 0 Å². The van der Waals surface area contributed by atoms with Crippen LogP contribution in [0.15, 0.2) is 53.1 Å². The van der Waals surface area contributed by atoms with Crippen molar-refractivity contribution in [3.63, 3.8) is 0 Å². The van der Waals surface area contributed by atoms with Gasteiger partial charge >= 0.3 is 0 Å². The highest BCUT2D eigenvalue weighted by atomic mass is 35.5. The van der Waals surface area contributed by atoms with Gasteiger partial charge in [-0.2, -0.15) is 4.98 Å². The highest BCUT2D eigenvalue weighted by Crippen LogP contribution is 2.33. The summed E-state index contributed by atoms with van der Waals surface area (Å²) >= 11 is 6.06. The molecule has 5 nitrogen and oxygen atoms in total. The number of nitrogens with zero attached hydrogens (tertiary/aromatic N) is 3. The van der Waals surface area contributed by atoms with Crippen LogP contribution in [0.25, 0.3) is 11.4 Å². The maximum Gasteiger partial charge on any atom is 0.254 e. The predicted molar refractivity (Wildman–Crippen MR) is 113 cm³/mol. The van der Waals surface area contributed by atoms with Crippen LogP contribution in [0.3, 0.4) is 0 Å². The number of carbonyl (C=O) groups is 1. The average molecular weight is 410 g/mol. The second-order valence-electron chi connectivity index (χ2n) is 7.42.